The van der Waals surface area contributed by atoms with Crippen molar-refractivity contribution in [2.75, 3.05) is 0 Å². The minimum Gasteiger partial charge on any atom is -0.478 e. The van der Waals surface area contributed by atoms with Gasteiger partial charge in [0.1, 0.15) is 0 Å². The summed E-state index contributed by atoms with van der Waals surface area (Å²) in [4.78, 5) is 11.1. The van der Waals surface area contributed by atoms with Crippen molar-refractivity contribution in [3.8, 4) is 11.3 Å². The standard InChI is InChI=1S/C19H20N2O2/c1-13(2)14-6-8-17(9-7-14)21-11-10-18(20-21)15-4-3-5-16(12-15)19(22)23/h3-6,8-14H,7H2,1-2H3,(H,22,23). The van der Waals surface area contributed by atoms with Crippen molar-refractivity contribution >= 4 is 11.7 Å². The van der Waals surface area contributed by atoms with Crippen LogP contribution in [0.3, 0.4) is 0 Å². The fourth-order valence-electron chi connectivity index (χ4n) is 2.72. The van der Waals surface area contributed by atoms with Crippen LogP contribution in [0.5, 0.6) is 0 Å². The lowest BCUT2D eigenvalue weighted by Gasteiger charge is -2.19. The number of benzene rings is 1. The van der Waals surface area contributed by atoms with E-state index in [1.165, 1.54) is 0 Å². The molecule has 1 N–H and O–H groups in total. The molecule has 0 aliphatic heterocycles. The van der Waals surface area contributed by atoms with Crippen molar-refractivity contribution in [3.05, 3.63) is 60.3 Å². The van der Waals surface area contributed by atoms with Gasteiger partial charge in [0, 0.05) is 11.8 Å². The van der Waals surface area contributed by atoms with Crippen LogP contribution in [0, 0.1) is 11.8 Å². The van der Waals surface area contributed by atoms with Gasteiger partial charge in [-0.15, -0.1) is 0 Å². The van der Waals surface area contributed by atoms with E-state index < -0.39 is 5.97 Å². The monoisotopic (exact) mass is 308 g/mol. The second-order valence-electron chi connectivity index (χ2n) is 6.16. The van der Waals surface area contributed by atoms with Crippen LogP contribution in [0.4, 0.5) is 0 Å². The van der Waals surface area contributed by atoms with E-state index >= 15 is 0 Å². The highest BCUT2D eigenvalue weighted by atomic mass is 16.4. The van der Waals surface area contributed by atoms with Crippen molar-refractivity contribution < 1.29 is 9.90 Å². The summed E-state index contributed by atoms with van der Waals surface area (Å²) in [6.07, 6.45) is 9.49. The normalized spacial score (nSPS) is 17.3. The summed E-state index contributed by atoms with van der Waals surface area (Å²) in [6.45, 7) is 4.46. The SMILES string of the molecule is CC(C)C1C=CC(n2ccc(-c3cccc(C(=O)O)c3)n2)=CC1. The highest BCUT2D eigenvalue weighted by Gasteiger charge is 2.14. The number of carboxylic acids is 1. The van der Waals surface area contributed by atoms with E-state index in [1.807, 2.05) is 23.0 Å². The summed E-state index contributed by atoms with van der Waals surface area (Å²) in [7, 11) is 0. The number of nitrogens with zero attached hydrogens (tertiary/aromatic N) is 2. The predicted molar refractivity (Wildman–Crippen MR) is 91.0 cm³/mol. The minimum atomic E-state index is -0.927. The Hall–Kier alpha value is -2.62. The number of carboxylic acid groups (broad SMARTS) is 1. The minimum absolute atomic E-state index is 0.272. The van der Waals surface area contributed by atoms with E-state index in [4.69, 9.17) is 5.11 Å². The Labute approximate surface area is 135 Å². The molecule has 1 aliphatic carbocycles. The van der Waals surface area contributed by atoms with Gasteiger partial charge in [0.15, 0.2) is 0 Å². The first-order valence-corrected chi connectivity index (χ1v) is 7.83. The number of hydrogen-bond acceptors (Lipinski definition) is 2. The molecule has 2 aromatic rings. The maximum Gasteiger partial charge on any atom is 0.335 e. The highest BCUT2D eigenvalue weighted by molar-refractivity contribution is 5.89. The lowest BCUT2D eigenvalue weighted by Crippen LogP contribution is -2.09. The molecule has 1 heterocycles. The van der Waals surface area contributed by atoms with Crippen LogP contribution in [0.2, 0.25) is 0 Å². The van der Waals surface area contributed by atoms with Crippen molar-refractivity contribution in [1.29, 1.82) is 0 Å². The van der Waals surface area contributed by atoms with Gasteiger partial charge in [-0.25, -0.2) is 9.48 Å². The second-order valence-corrected chi connectivity index (χ2v) is 6.16. The van der Waals surface area contributed by atoms with Crippen molar-refractivity contribution in [3.63, 3.8) is 0 Å². The van der Waals surface area contributed by atoms with Gasteiger partial charge in [-0.3, -0.25) is 0 Å². The maximum atomic E-state index is 11.1. The number of aromatic carboxylic acids is 1. The summed E-state index contributed by atoms with van der Waals surface area (Å²) < 4.78 is 1.84. The van der Waals surface area contributed by atoms with Gasteiger partial charge < -0.3 is 5.11 Å². The van der Waals surface area contributed by atoms with E-state index in [0.717, 1.165) is 23.4 Å². The van der Waals surface area contributed by atoms with Gasteiger partial charge in [0.2, 0.25) is 0 Å². The smallest absolute Gasteiger partial charge is 0.335 e. The van der Waals surface area contributed by atoms with Gasteiger partial charge in [-0.05, 0) is 42.5 Å². The molecule has 0 saturated heterocycles. The first-order valence-electron chi connectivity index (χ1n) is 7.83. The molecule has 118 valence electrons. The van der Waals surface area contributed by atoms with Crippen LogP contribution in [0.25, 0.3) is 17.0 Å². The van der Waals surface area contributed by atoms with Crippen LogP contribution in [0.15, 0.2) is 54.8 Å². The van der Waals surface area contributed by atoms with Crippen LogP contribution in [-0.2, 0) is 0 Å². The molecule has 0 saturated carbocycles. The summed E-state index contributed by atoms with van der Waals surface area (Å²) in [5.74, 6) is 0.293. The Bertz CT molecular complexity index is 784. The number of hydrogen-bond donors (Lipinski definition) is 1. The fraction of sp³-hybridized carbons (Fsp3) is 0.263. The van der Waals surface area contributed by atoms with Gasteiger partial charge in [-0.2, -0.15) is 5.10 Å². The Morgan fingerprint density at radius 2 is 2.17 bits per heavy atom. The fourth-order valence-corrected chi connectivity index (χ4v) is 2.72. The zero-order chi connectivity index (χ0) is 16.4. The van der Waals surface area contributed by atoms with E-state index in [-0.39, 0.29) is 5.56 Å². The van der Waals surface area contributed by atoms with Crippen molar-refractivity contribution in [1.82, 2.24) is 9.78 Å². The average molecular weight is 308 g/mol. The number of allylic oxidation sites excluding steroid dienone is 4. The zero-order valence-corrected chi connectivity index (χ0v) is 13.3. The summed E-state index contributed by atoms with van der Waals surface area (Å²) >= 11 is 0. The molecule has 1 aliphatic rings. The predicted octanol–water partition coefficient (Wildman–Crippen LogP) is 4.32. The molecule has 1 atom stereocenters. The van der Waals surface area contributed by atoms with Gasteiger partial charge in [0.25, 0.3) is 0 Å². The molecular weight excluding hydrogens is 288 g/mol. The molecule has 0 bridgehead atoms. The molecule has 0 amide bonds. The molecular formula is C19H20N2O2. The summed E-state index contributed by atoms with van der Waals surface area (Å²) in [6, 6.07) is 8.75. The molecule has 0 spiro atoms. The third kappa shape index (κ3) is 3.26. The first-order chi connectivity index (χ1) is 11.0. The van der Waals surface area contributed by atoms with E-state index in [2.05, 4.69) is 37.2 Å². The highest BCUT2D eigenvalue weighted by Crippen LogP contribution is 2.26. The molecule has 1 unspecified atom stereocenters. The third-order valence-corrected chi connectivity index (χ3v) is 4.23. The average Bonchev–Trinajstić information content (AvgIpc) is 3.05. The molecule has 0 fully saturated rings. The topological polar surface area (TPSA) is 55.1 Å². The quantitative estimate of drug-likeness (QED) is 0.915. The van der Waals surface area contributed by atoms with Crippen LogP contribution in [-0.4, -0.2) is 20.9 Å². The summed E-state index contributed by atoms with van der Waals surface area (Å²) in [5.41, 5.74) is 2.91. The lowest BCUT2D eigenvalue weighted by atomic mass is 9.89. The zero-order valence-electron chi connectivity index (χ0n) is 13.3. The number of aromatic nitrogens is 2. The van der Waals surface area contributed by atoms with Crippen LogP contribution in [0.1, 0.15) is 30.6 Å². The largest absolute Gasteiger partial charge is 0.478 e. The molecule has 1 aromatic carbocycles. The number of rotatable bonds is 4. The summed E-state index contributed by atoms with van der Waals surface area (Å²) in [5, 5.41) is 13.7. The van der Waals surface area contributed by atoms with E-state index in [9.17, 15) is 4.79 Å². The molecule has 4 nitrogen and oxygen atoms in total. The Morgan fingerprint density at radius 3 is 2.83 bits per heavy atom. The molecule has 3 rings (SSSR count). The van der Waals surface area contributed by atoms with Crippen molar-refractivity contribution in [2.24, 2.45) is 11.8 Å². The molecule has 23 heavy (non-hydrogen) atoms. The third-order valence-electron chi connectivity index (χ3n) is 4.23. The Morgan fingerprint density at radius 1 is 1.35 bits per heavy atom. The van der Waals surface area contributed by atoms with Crippen LogP contribution >= 0.6 is 0 Å². The maximum absolute atomic E-state index is 11.1. The van der Waals surface area contributed by atoms with Crippen molar-refractivity contribution in [2.45, 2.75) is 20.3 Å². The molecule has 0 radical (unpaired) electrons. The van der Waals surface area contributed by atoms with Gasteiger partial charge in [0.05, 0.1) is 17.0 Å². The van der Waals surface area contributed by atoms with Gasteiger partial charge in [-0.1, -0.05) is 38.1 Å². The number of carbonyl (C=O) groups is 1. The van der Waals surface area contributed by atoms with E-state index in [0.29, 0.717) is 11.8 Å². The van der Waals surface area contributed by atoms with Gasteiger partial charge >= 0.3 is 5.97 Å². The second kappa shape index (κ2) is 6.24. The van der Waals surface area contributed by atoms with E-state index in [1.54, 1.807) is 18.2 Å². The Kier molecular flexibility index (Phi) is 4.15. The first kappa shape index (κ1) is 15.3. The molecule has 4 heteroatoms. The Balaban J connectivity index is 1.83. The molecule has 1 aromatic heterocycles. The van der Waals surface area contributed by atoms with Crippen LogP contribution < -0.4 is 0 Å². The lowest BCUT2D eigenvalue weighted by molar-refractivity contribution is 0.0697.